The summed E-state index contributed by atoms with van der Waals surface area (Å²) in [5.41, 5.74) is 2.41. The minimum absolute atomic E-state index is 0.232. The van der Waals surface area contributed by atoms with Gasteiger partial charge >= 0.3 is 0 Å². The van der Waals surface area contributed by atoms with Crippen molar-refractivity contribution < 1.29 is 23.9 Å². The molecule has 1 aromatic carbocycles. The lowest BCUT2D eigenvalue weighted by Gasteiger charge is -2.26. The summed E-state index contributed by atoms with van der Waals surface area (Å²) in [6.45, 7) is 6.87. The number of fused-ring (bicyclic) bond motifs is 1. The molecule has 4 amide bonds. The van der Waals surface area contributed by atoms with Gasteiger partial charge in [0.2, 0.25) is 0 Å². The van der Waals surface area contributed by atoms with Gasteiger partial charge in [0.1, 0.15) is 22.0 Å². The Morgan fingerprint density at radius 2 is 1.36 bits per heavy atom. The van der Waals surface area contributed by atoms with E-state index in [1.807, 2.05) is 31.2 Å². The van der Waals surface area contributed by atoms with Gasteiger partial charge in [0.05, 0.1) is 35.3 Å². The van der Waals surface area contributed by atoms with Gasteiger partial charge in [0.15, 0.2) is 0 Å². The summed E-state index contributed by atoms with van der Waals surface area (Å²) in [6.07, 6.45) is 5.80. The van der Waals surface area contributed by atoms with Crippen LogP contribution in [0.4, 0.5) is 17.1 Å². The summed E-state index contributed by atoms with van der Waals surface area (Å²) in [7, 11) is 3.45. The van der Waals surface area contributed by atoms with E-state index in [9.17, 15) is 19.2 Å². The van der Waals surface area contributed by atoms with Gasteiger partial charge in [-0.25, -0.2) is 0 Å². The Morgan fingerprint density at radius 3 is 2.02 bits per heavy atom. The first-order valence-corrected chi connectivity index (χ1v) is 17.5. The molecule has 1 aliphatic rings. The molecule has 6 rings (SSSR count). The van der Waals surface area contributed by atoms with Crippen LogP contribution >= 0.6 is 22.9 Å². The molecule has 4 aromatic heterocycles. The van der Waals surface area contributed by atoms with E-state index in [0.29, 0.717) is 70.3 Å². The Morgan fingerprint density at radius 1 is 0.780 bits per heavy atom. The largest absolute Gasteiger partial charge is 0.379 e. The Kier molecular flexibility index (Phi) is 10.7. The molecule has 5 heterocycles. The first kappa shape index (κ1) is 35.0. The van der Waals surface area contributed by atoms with E-state index in [0.717, 1.165) is 36.1 Å². The van der Waals surface area contributed by atoms with Crippen molar-refractivity contribution in [2.45, 2.75) is 19.9 Å². The van der Waals surface area contributed by atoms with Crippen molar-refractivity contribution >= 4 is 73.7 Å². The van der Waals surface area contributed by atoms with E-state index in [-0.39, 0.29) is 11.8 Å². The molecule has 0 radical (unpaired) electrons. The number of rotatable bonds is 12. The van der Waals surface area contributed by atoms with Crippen molar-refractivity contribution in [3.05, 3.63) is 88.0 Å². The van der Waals surface area contributed by atoms with Crippen molar-refractivity contribution in [1.29, 1.82) is 0 Å². The van der Waals surface area contributed by atoms with E-state index < -0.39 is 11.8 Å². The van der Waals surface area contributed by atoms with Crippen molar-refractivity contribution in [3.63, 3.8) is 0 Å². The van der Waals surface area contributed by atoms with Gasteiger partial charge in [-0.05, 0) is 30.7 Å². The maximum atomic E-state index is 13.5. The third-order valence-corrected chi connectivity index (χ3v) is 10.1. The van der Waals surface area contributed by atoms with Crippen molar-refractivity contribution in [1.82, 2.24) is 23.9 Å². The lowest BCUT2D eigenvalue weighted by molar-refractivity contribution is 0.0383. The summed E-state index contributed by atoms with van der Waals surface area (Å²) in [6, 6.07) is 12.4. The van der Waals surface area contributed by atoms with Crippen LogP contribution in [-0.2, 0) is 25.4 Å². The molecule has 15 heteroatoms. The lowest BCUT2D eigenvalue weighted by Crippen LogP contribution is -2.41. The zero-order chi connectivity index (χ0) is 35.4. The Bertz CT molecular complexity index is 2050. The number of hydrogen-bond donors (Lipinski definition) is 4. The van der Waals surface area contributed by atoms with Crippen LogP contribution in [0.1, 0.15) is 54.5 Å². The van der Waals surface area contributed by atoms with E-state index in [2.05, 4.69) is 26.2 Å². The molecule has 0 spiro atoms. The number of morpholine rings is 1. The standard InChI is InChI=1S/C35H39ClN8O5S/c1-4-10-44-21-24(40-35(48)31-30(36)25-7-5-6-8-29(25)50-31)18-28(44)34(47)39-23-17-27(42(3)20-23)33(46)38-22-16-26(41(2)19-22)32(45)37-9-11-43-12-14-49-15-13-43/h5-8,16-21H,4,9-15H2,1-3H3,(H,37,45)(H,38,46)(H,39,47)(H,40,48). The molecule has 1 aliphatic heterocycles. The minimum atomic E-state index is -0.405. The van der Waals surface area contributed by atoms with E-state index >= 15 is 0 Å². The number of aryl methyl sites for hydroxylation is 3. The number of hydrogen-bond acceptors (Lipinski definition) is 7. The zero-order valence-corrected chi connectivity index (χ0v) is 29.6. The fraction of sp³-hybridized carbons (Fsp3) is 0.314. The van der Waals surface area contributed by atoms with Crippen LogP contribution in [0.15, 0.2) is 61.1 Å². The molecule has 0 atom stereocenters. The van der Waals surface area contributed by atoms with Crippen molar-refractivity contribution in [2.75, 3.05) is 55.3 Å². The molecule has 5 aromatic rings. The smallest absolute Gasteiger partial charge is 0.272 e. The highest BCUT2D eigenvalue weighted by Gasteiger charge is 2.22. The first-order valence-electron chi connectivity index (χ1n) is 16.3. The molecule has 0 aliphatic carbocycles. The van der Waals surface area contributed by atoms with Gasteiger partial charge < -0.3 is 39.7 Å². The van der Waals surface area contributed by atoms with Gasteiger partial charge in [0, 0.05) is 75.5 Å². The third-order valence-electron chi connectivity index (χ3n) is 8.40. The van der Waals surface area contributed by atoms with Crippen LogP contribution in [-0.4, -0.2) is 81.6 Å². The zero-order valence-electron chi connectivity index (χ0n) is 28.0. The van der Waals surface area contributed by atoms with E-state index in [1.54, 1.807) is 64.6 Å². The first-order chi connectivity index (χ1) is 24.1. The molecule has 1 fully saturated rings. The second-order valence-corrected chi connectivity index (χ2v) is 13.5. The number of halogens is 1. The second kappa shape index (κ2) is 15.3. The molecular weight excluding hydrogens is 680 g/mol. The SMILES string of the molecule is CCCn1cc(NC(=O)c2sc3ccccc3c2Cl)cc1C(=O)Nc1cc(C(=O)Nc2cc(C(=O)NCCN3CCOCC3)n(C)c2)n(C)c1. The molecule has 0 unspecified atom stereocenters. The quantitative estimate of drug-likeness (QED) is 0.139. The Labute approximate surface area is 298 Å². The number of ether oxygens (including phenoxy) is 1. The highest BCUT2D eigenvalue weighted by atomic mass is 35.5. The highest BCUT2D eigenvalue weighted by molar-refractivity contribution is 7.21. The summed E-state index contributed by atoms with van der Waals surface area (Å²) in [4.78, 5) is 55.4. The number of nitrogens with one attached hydrogen (secondary N) is 4. The second-order valence-electron chi connectivity index (χ2n) is 12.1. The summed E-state index contributed by atoms with van der Waals surface area (Å²) < 4.78 is 11.3. The van der Waals surface area contributed by atoms with Gasteiger partial charge in [-0.3, -0.25) is 24.1 Å². The Hall–Kier alpha value is -4.89. The summed E-state index contributed by atoms with van der Waals surface area (Å²) in [5, 5.41) is 12.8. The number of carbonyl (C=O) groups is 4. The van der Waals surface area contributed by atoms with Crippen LogP contribution in [0.2, 0.25) is 5.02 Å². The predicted molar refractivity (Wildman–Crippen MR) is 196 cm³/mol. The fourth-order valence-electron chi connectivity index (χ4n) is 5.89. The molecule has 1 saturated heterocycles. The molecule has 262 valence electrons. The minimum Gasteiger partial charge on any atom is -0.379 e. The normalized spacial score (nSPS) is 13.4. The van der Waals surface area contributed by atoms with Crippen LogP contribution in [0.25, 0.3) is 10.1 Å². The topological polar surface area (TPSA) is 144 Å². The number of amides is 4. The van der Waals surface area contributed by atoms with Crippen LogP contribution in [0, 0.1) is 0 Å². The average molecular weight is 719 g/mol. The molecule has 50 heavy (non-hydrogen) atoms. The molecule has 4 N–H and O–H groups in total. The number of nitrogens with zero attached hydrogens (tertiary/aromatic N) is 4. The molecule has 13 nitrogen and oxygen atoms in total. The monoisotopic (exact) mass is 718 g/mol. The number of anilines is 3. The van der Waals surface area contributed by atoms with Crippen LogP contribution in [0.3, 0.4) is 0 Å². The van der Waals surface area contributed by atoms with Crippen molar-refractivity contribution in [3.8, 4) is 0 Å². The number of aromatic nitrogens is 3. The van der Waals surface area contributed by atoms with Crippen LogP contribution < -0.4 is 21.3 Å². The van der Waals surface area contributed by atoms with E-state index in [4.69, 9.17) is 16.3 Å². The average Bonchev–Trinajstić information content (AvgIpc) is 3.86. The lowest BCUT2D eigenvalue weighted by atomic mass is 10.2. The molecule has 0 bridgehead atoms. The predicted octanol–water partition coefficient (Wildman–Crippen LogP) is 5.26. The van der Waals surface area contributed by atoms with Gasteiger partial charge in [-0.2, -0.15) is 0 Å². The summed E-state index contributed by atoms with van der Waals surface area (Å²) >= 11 is 7.82. The highest BCUT2D eigenvalue weighted by Crippen LogP contribution is 2.35. The molecule has 0 saturated carbocycles. The maximum absolute atomic E-state index is 13.5. The Balaban J connectivity index is 1.08. The number of thiophene rings is 1. The van der Waals surface area contributed by atoms with Gasteiger partial charge in [-0.15, -0.1) is 11.3 Å². The van der Waals surface area contributed by atoms with E-state index in [1.165, 1.54) is 11.3 Å². The summed E-state index contributed by atoms with van der Waals surface area (Å²) in [5.74, 6) is -1.39. The maximum Gasteiger partial charge on any atom is 0.272 e. The van der Waals surface area contributed by atoms with Crippen LogP contribution in [0.5, 0.6) is 0 Å². The van der Waals surface area contributed by atoms with Gasteiger partial charge in [-0.1, -0.05) is 36.7 Å². The van der Waals surface area contributed by atoms with Crippen molar-refractivity contribution in [2.24, 2.45) is 14.1 Å². The number of carbonyl (C=O) groups excluding carboxylic acids is 4. The fourth-order valence-corrected chi connectivity index (χ4v) is 7.31. The number of benzene rings is 1. The molecular formula is C35H39ClN8O5S. The third kappa shape index (κ3) is 7.78. The van der Waals surface area contributed by atoms with Gasteiger partial charge in [0.25, 0.3) is 23.6 Å².